The van der Waals surface area contributed by atoms with Crippen molar-refractivity contribution in [1.29, 1.82) is 0 Å². The van der Waals surface area contributed by atoms with Crippen molar-refractivity contribution in [3.63, 3.8) is 0 Å². The van der Waals surface area contributed by atoms with Gasteiger partial charge in [-0.05, 0) is 49.1 Å². The number of thiocarbonyl (C=S) groups is 1. The molecule has 8 heteroatoms. The molecule has 5 rings (SSSR count). The fraction of sp³-hybridized carbons (Fsp3) is 0.172. The second-order valence-electron chi connectivity index (χ2n) is 8.98. The Balaban J connectivity index is 1.48. The Morgan fingerprint density at radius 1 is 0.973 bits per heavy atom. The zero-order valence-electron chi connectivity index (χ0n) is 20.6. The Kier molecular flexibility index (Phi) is 7.21. The van der Waals surface area contributed by atoms with Crippen LogP contribution in [0.15, 0.2) is 82.6 Å². The molecule has 0 saturated carbocycles. The molecule has 1 aliphatic rings. The highest BCUT2D eigenvalue weighted by Crippen LogP contribution is 2.34. The van der Waals surface area contributed by atoms with Gasteiger partial charge in [-0.15, -0.1) is 0 Å². The molecule has 0 atom stereocenters. The number of aromatic nitrogens is 2. The fourth-order valence-electron chi connectivity index (χ4n) is 4.19. The summed E-state index contributed by atoms with van der Waals surface area (Å²) in [7, 11) is 0. The predicted octanol–water partition coefficient (Wildman–Crippen LogP) is 5.37. The van der Waals surface area contributed by atoms with Crippen LogP contribution >= 0.6 is 24.0 Å². The Hall–Kier alpha value is -3.75. The van der Waals surface area contributed by atoms with Gasteiger partial charge in [0, 0.05) is 12.7 Å². The van der Waals surface area contributed by atoms with Gasteiger partial charge in [0.2, 0.25) is 0 Å². The van der Waals surface area contributed by atoms with Crippen LogP contribution < -0.4 is 10.9 Å². The number of carbonyl (C=O) groups excluding carboxylic acids is 1. The topological polar surface area (TPSA) is 66.7 Å². The fourth-order valence-corrected chi connectivity index (χ4v) is 5.43. The van der Waals surface area contributed by atoms with E-state index in [0.29, 0.717) is 39.3 Å². The van der Waals surface area contributed by atoms with E-state index in [0.717, 1.165) is 23.1 Å². The molecule has 4 aromatic rings. The minimum atomic E-state index is -0.236. The number of aryl methyl sites for hydroxylation is 2. The van der Waals surface area contributed by atoms with Gasteiger partial charge in [0.05, 0.1) is 17.0 Å². The third kappa shape index (κ3) is 5.35. The molecule has 2 aromatic heterocycles. The molecule has 1 N–H and O–H groups in total. The summed E-state index contributed by atoms with van der Waals surface area (Å²) in [6.07, 6.45) is 4.10. The van der Waals surface area contributed by atoms with Crippen LogP contribution in [0.5, 0.6) is 0 Å². The van der Waals surface area contributed by atoms with Crippen molar-refractivity contribution >= 4 is 51.7 Å². The Bertz CT molecular complexity index is 1580. The van der Waals surface area contributed by atoms with Gasteiger partial charge in [0.15, 0.2) is 0 Å². The average Bonchev–Trinajstić information content (AvgIpc) is 3.16. The Morgan fingerprint density at radius 3 is 2.49 bits per heavy atom. The molecule has 0 aliphatic carbocycles. The molecule has 0 unspecified atom stereocenters. The van der Waals surface area contributed by atoms with E-state index in [1.54, 1.807) is 17.2 Å². The summed E-state index contributed by atoms with van der Waals surface area (Å²) in [5.41, 5.74) is 4.91. The van der Waals surface area contributed by atoms with Gasteiger partial charge in [-0.1, -0.05) is 90.2 Å². The number of carbonyl (C=O) groups is 1. The van der Waals surface area contributed by atoms with Crippen LogP contribution in [0, 0.1) is 13.8 Å². The molecule has 1 saturated heterocycles. The van der Waals surface area contributed by atoms with Crippen LogP contribution in [-0.4, -0.2) is 31.1 Å². The summed E-state index contributed by atoms with van der Waals surface area (Å²) < 4.78 is 2.00. The molecule has 0 radical (unpaired) electrons. The van der Waals surface area contributed by atoms with E-state index in [2.05, 4.69) is 17.4 Å². The molecular formula is C29H26N4O2S2. The molecule has 0 spiro atoms. The first-order chi connectivity index (χ1) is 17.9. The van der Waals surface area contributed by atoms with E-state index in [1.165, 1.54) is 21.7 Å². The summed E-state index contributed by atoms with van der Waals surface area (Å²) in [6, 6.07) is 21.9. The Morgan fingerprint density at radius 2 is 1.73 bits per heavy atom. The van der Waals surface area contributed by atoms with Gasteiger partial charge in [-0.25, -0.2) is 4.98 Å². The van der Waals surface area contributed by atoms with Crippen LogP contribution in [0.1, 0.15) is 27.8 Å². The number of nitrogens with zero attached hydrogens (tertiary/aromatic N) is 3. The van der Waals surface area contributed by atoms with Crippen LogP contribution in [0.4, 0.5) is 5.82 Å². The first-order valence-electron chi connectivity index (χ1n) is 12.0. The molecular weight excluding hydrogens is 500 g/mol. The number of thioether (sulfide) groups is 1. The first kappa shape index (κ1) is 24.9. The minimum absolute atomic E-state index is 0.209. The third-order valence-electron chi connectivity index (χ3n) is 6.24. The number of hydrogen-bond acceptors (Lipinski definition) is 6. The van der Waals surface area contributed by atoms with Crippen molar-refractivity contribution in [2.75, 3.05) is 11.9 Å². The summed E-state index contributed by atoms with van der Waals surface area (Å²) in [5.74, 6) is 0.249. The van der Waals surface area contributed by atoms with Gasteiger partial charge < -0.3 is 5.32 Å². The van der Waals surface area contributed by atoms with Crippen molar-refractivity contribution < 1.29 is 4.79 Å². The molecule has 3 heterocycles. The lowest BCUT2D eigenvalue weighted by Gasteiger charge is -2.14. The molecule has 37 heavy (non-hydrogen) atoms. The van der Waals surface area contributed by atoms with Crippen molar-refractivity contribution in [3.05, 3.63) is 116 Å². The monoisotopic (exact) mass is 526 g/mol. The van der Waals surface area contributed by atoms with Gasteiger partial charge in [-0.2, -0.15) is 0 Å². The average molecular weight is 527 g/mol. The quantitative estimate of drug-likeness (QED) is 0.258. The number of hydrogen-bond donors (Lipinski definition) is 1. The molecule has 0 bridgehead atoms. The van der Waals surface area contributed by atoms with Gasteiger partial charge >= 0.3 is 0 Å². The predicted molar refractivity (Wildman–Crippen MR) is 155 cm³/mol. The smallest absolute Gasteiger partial charge is 0.267 e. The van der Waals surface area contributed by atoms with Crippen molar-refractivity contribution in [2.45, 2.75) is 26.8 Å². The van der Waals surface area contributed by atoms with Crippen molar-refractivity contribution in [1.82, 2.24) is 14.3 Å². The van der Waals surface area contributed by atoms with E-state index < -0.39 is 0 Å². The summed E-state index contributed by atoms with van der Waals surface area (Å²) in [4.78, 5) is 33.7. The second-order valence-corrected chi connectivity index (χ2v) is 10.7. The van der Waals surface area contributed by atoms with Crippen molar-refractivity contribution in [3.8, 4) is 0 Å². The molecule has 2 aromatic carbocycles. The Labute approximate surface area is 225 Å². The maximum atomic E-state index is 13.6. The van der Waals surface area contributed by atoms with E-state index >= 15 is 0 Å². The van der Waals surface area contributed by atoms with E-state index in [-0.39, 0.29) is 11.5 Å². The summed E-state index contributed by atoms with van der Waals surface area (Å²) >= 11 is 6.74. The molecule has 1 fully saturated rings. The number of fused-ring (bicyclic) bond motifs is 1. The van der Waals surface area contributed by atoms with E-state index in [4.69, 9.17) is 17.2 Å². The molecule has 186 valence electrons. The lowest BCUT2D eigenvalue weighted by molar-refractivity contribution is -0.122. The first-order valence-corrected chi connectivity index (χ1v) is 13.2. The molecule has 6 nitrogen and oxygen atoms in total. The number of anilines is 1. The van der Waals surface area contributed by atoms with Gasteiger partial charge in [0.1, 0.15) is 15.8 Å². The zero-order chi connectivity index (χ0) is 25.9. The number of benzene rings is 2. The molecule has 1 aliphatic heterocycles. The second kappa shape index (κ2) is 10.7. The lowest BCUT2D eigenvalue weighted by Crippen LogP contribution is -2.27. The van der Waals surface area contributed by atoms with E-state index in [1.807, 2.05) is 68.4 Å². The summed E-state index contributed by atoms with van der Waals surface area (Å²) in [6.45, 7) is 4.92. The van der Waals surface area contributed by atoms with Crippen LogP contribution in [0.2, 0.25) is 0 Å². The standard InChI is InChI=1S/C29H26N4O2S2/c1-19-10-12-22(13-11-19)18-33-28(35)24(37-29(33)36)17-23-25(30-15-14-21-8-4-3-5-9-21)31-26-20(2)7-6-16-32(26)27(23)34/h3-13,16-17,30H,14-15,18H2,1-2H3/b24-17+. The molecule has 1 amide bonds. The zero-order valence-corrected chi connectivity index (χ0v) is 22.2. The number of rotatable bonds is 7. The van der Waals surface area contributed by atoms with E-state index in [9.17, 15) is 9.59 Å². The lowest BCUT2D eigenvalue weighted by atomic mass is 10.1. The number of amides is 1. The highest BCUT2D eigenvalue weighted by Gasteiger charge is 2.32. The maximum absolute atomic E-state index is 13.6. The highest BCUT2D eigenvalue weighted by atomic mass is 32.2. The van der Waals surface area contributed by atoms with Crippen LogP contribution in [-0.2, 0) is 17.8 Å². The minimum Gasteiger partial charge on any atom is -0.369 e. The largest absolute Gasteiger partial charge is 0.369 e. The van der Waals surface area contributed by atoms with Gasteiger partial charge in [0.25, 0.3) is 11.5 Å². The SMILES string of the molecule is Cc1ccc(CN2C(=O)/C(=C\c3c(NCCc4ccccc4)nc4c(C)cccn4c3=O)SC2=S)cc1. The summed E-state index contributed by atoms with van der Waals surface area (Å²) in [5, 5.41) is 3.34. The van der Waals surface area contributed by atoms with Crippen LogP contribution in [0.25, 0.3) is 11.7 Å². The van der Waals surface area contributed by atoms with Crippen molar-refractivity contribution in [2.24, 2.45) is 0 Å². The number of nitrogens with one attached hydrogen (secondary N) is 1. The van der Waals surface area contributed by atoms with Crippen LogP contribution in [0.3, 0.4) is 0 Å². The maximum Gasteiger partial charge on any atom is 0.267 e. The van der Waals surface area contributed by atoms with Gasteiger partial charge in [-0.3, -0.25) is 18.9 Å². The third-order valence-corrected chi connectivity index (χ3v) is 7.62. The number of pyridine rings is 1. The normalized spacial score (nSPS) is 14.6. The highest BCUT2D eigenvalue weighted by molar-refractivity contribution is 8.26.